The van der Waals surface area contributed by atoms with E-state index in [4.69, 9.17) is 19.2 Å². The van der Waals surface area contributed by atoms with Gasteiger partial charge in [0.2, 0.25) is 0 Å². The van der Waals surface area contributed by atoms with Crippen LogP contribution in [-0.2, 0) is 12.8 Å². The first-order chi connectivity index (χ1) is 14.0. The van der Waals surface area contributed by atoms with E-state index in [1.807, 2.05) is 6.92 Å². The summed E-state index contributed by atoms with van der Waals surface area (Å²) >= 11 is 1.53. The van der Waals surface area contributed by atoms with E-state index in [1.54, 1.807) is 39.5 Å². The minimum atomic E-state index is -0.233. The molecule has 0 spiro atoms. The highest BCUT2D eigenvalue weighted by atomic mass is 32.1. The monoisotopic (exact) mass is 410 g/mol. The van der Waals surface area contributed by atoms with Gasteiger partial charge in [0, 0.05) is 16.0 Å². The number of carbonyl (C=O) groups is 1. The van der Waals surface area contributed by atoms with Gasteiger partial charge in [-0.15, -0.1) is 11.3 Å². The Morgan fingerprint density at radius 1 is 1.00 bits per heavy atom. The van der Waals surface area contributed by atoms with Gasteiger partial charge in [-0.25, -0.2) is 4.98 Å². The Bertz CT molecular complexity index is 1090. The van der Waals surface area contributed by atoms with Gasteiger partial charge in [-0.2, -0.15) is 0 Å². The van der Waals surface area contributed by atoms with Gasteiger partial charge in [0.1, 0.15) is 5.75 Å². The molecule has 1 aliphatic rings. The van der Waals surface area contributed by atoms with Crippen molar-refractivity contribution in [2.45, 2.75) is 19.8 Å². The lowest BCUT2D eigenvalue weighted by Gasteiger charge is -2.17. The van der Waals surface area contributed by atoms with Gasteiger partial charge in [-0.05, 0) is 61.2 Å². The largest absolute Gasteiger partial charge is 0.496 e. The van der Waals surface area contributed by atoms with Crippen molar-refractivity contribution in [3.8, 4) is 28.5 Å². The van der Waals surface area contributed by atoms with Crippen molar-refractivity contribution in [3.63, 3.8) is 0 Å². The van der Waals surface area contributed by atoms with Gasteiger partial charge in [0.25, 0.3) is 5.91 Å². The molecule has 1 aromatic heterocycles. The number of fused-ring (bicyclic) bond motifs is 3. The van der Waals surface area contributed by atoms with Crippen molar-refractivity contribution >= 4 is 22.4 Å². The lowest BCUT2D eigenvalue weighted by Crippen LogP contribution is -2.12. The lowest BCUT2D eigenvalue weighted by atomic mass is 9.91. The topological polar surface area (TPSA) is 69.7 Å². The second-order valence-electron chi connectivity index (χ2n) is 6.79. The van der Waals surface area contributed by atoms with E-state index < -0.39 is 0 Å². The van der Waals surface area contributed by atoms with Gasteiger partial charge in [-0.3, -0.25) is 10.1 Å². The zero-order valence-electron chi connectivity index (χ0n) is 16.8. The van der Waals surface area contributed by atoms with Crippen LogP contribution in [0.5, 0.6) is 17.2 Å². The van der Waals surface area contributed by atoms with Crippen LogP contribution in [-0.4, -0.2) is 32.2 Å². The number of ether oxygens (including phenoxy) is 3. The van der Waals surface area contributed by atoms with Gasteiger partial charge in [0.05, 0.1) is 27.0 Å². The van der Waals surface area contributed by atoms with E-state index in [0.29, 0.717) is 22.2 Å². The predicted molar refractivity (Wildman–Crippen MR) is 114 cm³/mol. The summed E-state index contributed by atoms with van der Waals surface area (Å²) in [7, 11) is 4.79. The number of benzene rings is 2. The average molecular weight is 410 g/mol. The molecule has 150 valence electrons. The SMILES string of the molecule is COc1cc2c(cc1C)-c1nc(NC(=O)c3ccc(OC)c(OC)c3)sc1CC2. The average Bonchev–Trinajstić information content (AvgIpc) is 3.15. The van der Waals surface area contributed by atoms with Crippen LogP contribution >= 0.6 is 11.3 Å². The fraction of sp³-hybridized carbons (Fsp3) is 0.273. The zero-order valence-corrected chi connectivity index (χ0v) is 17.6. The maximum atomic E-state index is 12.7. The number of aryl methyl sites for hydroxylation is 3. The Morgan fingerprint density at radius 3 is 2.48 bits per heavy atom. The molecule has 0 atom stereocenters. The molecule has 29 heavy (non-hydrogen) atoms. The number of aromatic nitrogens is 1. The van der Waals surface area contributed by atoms with Crippen LogP contribution in [0, 0.1) is 6.92 Å². The molecule has 7 heteroatoms. The molecule has 0 fully saturated rings. The molecule has 4 rings (SSSR count). The molecule has 0 unspecified atom stereocenters. The van der Waals surface area contributed by atoms with Crippen molar-refractivity contribution in [2.75, 3.05) is 26.6 Å². The maximum Gasteiger partial charge on any atom is 0.257 e. The summed E-state index contributed by atoms with van der Waals surface area (Å²) in [4.78, 5) is 18.6. The lowest BCUT2D eigenvalue weighted by molar-refractivity contribution is 0.102. The maximum absolute atomic E-state index is 12.7. The Kier molecular flexibility index (Phi) is 5.15. The van der Waals surface area contributed by atoms with Gasteiger partial charge >= 0.3 is 0 Å². The third kappa shape index (κ3) is 3.53. The number of rotatable bonds is 5. The van der Waals surface area contributed by atoms with E-state index in [9.17, 15) is 4.79 Å². The highest BCUT2D eigenvalue weighted by Crippen LogP contribution is 2.40. The van der Waals surface area contributed by atoms with Crippen LogP contribution < -0.4 is 19.5 Å². The minimum absolute atomic E-state index is 0.233. The molecule has 1 aliphatic carbocycles. The Balaban J connectivity index is 1.61. The number of nitrogens with one attached hydrogen (secondary N) is 1. The molecule has 2 aromatic carbocycles. The summed E-state index contributed by atoms with van der Waals surface area (Å²) in [6, 6.07) is 9.29. The predicted octanol–water partition coefficient (Wildman–Crippen LogP) is 4.50. The quantitative estimate of drug-likeness (QED) is 0.671. The first-order valence-corrected chi connectivity index (χ1v) is 10.1. The first kappa shape index (κ1) is 19.3. The fourth-order valence-electron chi connectivity index (χ4n) is 3.56. The van der Waals surface area contributed by atoms with Crippen molar-refractivity contribution in [2.24, 2.45) is 0 Å². The molecular weight excluding hydrogens is 388 g/mol. The second-order valence-corrected chi connectivity index (χ2v) is 7.88. The number of hydrogen-bond acceptors (Lipinski definition) is 6. The summed E-state index contributed by atoms with van der Waals surface area (Å²) in [5, 5.41) is 3.51. The Hall–Kier alpha value is -3.06. The normalized spacial score (nSPS) is 12.0. The van der Waals surface area contributed by atoms with Crippen LogP contribution in [0.15, 0.2) is 30.3 Å². The smallest absolute Gasteiger partial charge is 0.257 e. The number of carbonyl (C=O) groups excluding carboxylic acids is 1. The van der Waals surface area contributed by atoms with Crippen molar-refractivity contribution in [1.82, 2.24) is 4.98 Å². The summed E-state index contributed by atoms with van der Waals surface area (Å²) in [5.41, 5.74) is 4.85. The molecule has 6 nitrogen and oxygen atoms in total. The third-order valence-electron chi connectivity index (χ3n) is 5.06. The summed E-state index contributed by atoms with van der Waals surface area (Å²) < 4.78 is 16.0. The molecule has 1 amide bonds. The van der Waals surface area contributed by atoms with Crippen LogP contribution in [0.3, 0.4) is 0 Å². The van der Waals surface area contributed by atoms with Crippen molar-refractivity contribution in [1.29, 1.82) is 0 Å². The highest BCUT2D eigenvalue weighted by Gasteiger charge is 2.23. The number of amides is 1. The molecule has 0 bridgehead atoms. The molecule has 0 saturated heterocycles. The number of anilines is 1. The molecule has 0 radical (unpaired) electrons. The van der Waals surface area contributed by atoms with E-state index in [0.717, 1.165) is 35.4 Å². The van der Waals surface area contributed by atoms with Crippen molar-refractivity contribution in [3.05, 3.63) is 51.9 Å². The van der Waals surface area contributed by atoms with E-state index in [-0.39, 0.29) is 5.91 Å². The van der Waals surface area contributed by atoms with E-state index in [1.165, 1.54) is 21.8 Å². The van der Waals surface area contributed by atoms with Crippen LogP contribution in [0.4, 0.5) is 5.13 Å². The fourth-order valence-corrected chi connectivity index (χ4v) is 4.53. The van der Waals surface area contributed by atoms with Gasteiger partial charge in [0.15, 0.2) is 16.6 Å². The highest BCUT2D eigenvalue weighted by molar-refractivity contribution is 7.16. The van der Waals surface area contributed by atoms with Crippen molar-refractivity contribution < 1.29 is 19.0 Å². The summed E-state index contributed by atoms with van der Waals surface area (Å²) in [6.45, 7) is 2.03. The molecular formula is C22H22N2O4S. The number of methoxy groups -OCH3 is 3. The summed E-state index contributed by atoms with van der Waals surface area (Å²) in [5.74, 6) is 1.75. The number of thiazole rings is 1. The zero-order chi connectivity index (χ0) is 20.5. The molecule has 1 heterocycles. The Labute approximate surface area is 173 Å². The minimum Gasteiger partial charge on any atom is -0.496 e. The molecule has 3 aromatic rings. The standard InChI is InChI=1S/C22H22N2O4S/c1-12-9-15-13(10-17(12)27-3)6-8-19-20(15)23-22(29-19)24-21(25)14-5-7-16(26-2)18(11-14)28-4/h5,7,9-11H,6,8H2,1-4H3,(H,23,24,25). The molecule has 0 aliphatic heterocycles. The first-order valence-electron chi connectivity index (χ1n) is 9.25. The van der Waals surface area contributed by atoms with E-state index >= 15 is 0 Å². The van der Waals surface area contributed by atoms with Gasteiger partial charge < -0.3 is 14.2 Å². The second kappa shape index (κ2) is 7.75. The van der Waals surface area contributed by atoms with E-state index in [2.05, 4.69) is 17.4 Å². The van der Waals surface area contributed by atoms with Gasteiger partial charge in [-0.1, -0.05) is 0 Å². The summed E-state index contributed by atoms with van der Waals surface area (Å²) in [6.07, 6.45) is 1.84. The number of hydrogen-bond donors (Lipinski definition) is 1. The third-order valence-corrected chi connectivity index (χ3v) is 6.09. The van der Waals surface area contributed by atoms with Crippen LogP contribution in [0.1, 0.15) is 26.4 Å². The molecule has 0 saturated carbocycles. The van der Waals surface area contributed by atoms with Crippen LogP contribution in [0.2, 0.25) is 0 Å². The van der Waals surface area contributed by atoms with Crippen LogP contribution in [0.25, 0.3) is 11.3 Å². The number of nitrogens with zero attached hydrogens (tertiary/aromatic N) is 1. The Morgan fingerprint density at radius 2 is 1.76 bits per heavy atom. The molecule has 1 N–H and O–H groups in total.